The van der Waals surface area contributed by atoms with E-state index in [4.69, 9.17) is 0 Å². The predicted molar refractivity (Wildman–Crippen MR) is 100 cm³/mol. The van der Waals surface area contributed by atoms with Gasteiger partial charge < -0.3 is 5.32 Å². The molecule has 0 bridgehead atoms. The number of carbonyl (C=O) groups excluding carboxylic acids is 1. The first-order valence-corrected chi connectivity index (χ1v) is 9.47. The van der Waals surface area contributed by atoms with Crippen LogP contribution in [-0.2, 0) is 10.5 Å². The van der Waals surface area contributed by atoms with E-state index in [-0.39, 0.29) is 11.5 Å². The molecule has 0 unspecified atom stereocenters. The molecule has 5 nitrogen and oxygen atoms in total. The Labute approximate surface area is 147 Å². The zero-order valence-electron chi connectivity index (χ0n) is 13.4. The maximum atomic E-state index is 12.0. The minimum absolute atomic E-state index is 0.0582. The Hall–Kier alpha value is -2.12. The van der Waals surface area contributed by atoms with Crippen molar-refractivity contribution in [3.05, 3.63) is 63.0 Å². The van der Waals surface area contributed by atoms with Gasteiger partial charge in [0.25, 0.3) is 5.56 Å². The highest BCUT2D eigenvalue weighted by Gasteiger charge is 2.07. The second kappa shape index (κ2) is 7.19. The predicted octanol–water partition coefficient (Wildman–Crippen LogP) is 3.24. The van der Waals surface area contributed by atoms with Gasteiger partial charge in [0.2, 0.25) is 5.91 Å². The molecule has 7 heteroatoms. The Balaban J connectivity index is 1.56. The van der Waals surface area contributed by atoms with Crippen molar-refractivity contribution in [3.8, 4) is 0 Å². The molecule has 0 fully saturated rings. The first kappa shape index (κ1) is 16.7. The molecule has 24 heavy (non-hydrogen) atoms. The summed E-state index contributed by atoms with van der Waals surface area (Å²) < 4.78 is 1.52. The number of hydrogen-bond acceptors (Lipinski definition) is 5. The average Bonchev–Trinajstić information content (AvgIpc) is 3.00. The molecule has 3 aromatic rings. The number of aromatic nitrogens is 2. The summed E-state index contributed by atoms with van der Waals surface area (Å²) in [6.45, 7) is 4.06. The summed E-state index contributed by atoms with van der Waals surface area (Å²) in [4.78, 5) is 29.0. The number of aryl methyl sites for hydroxylation is 2. The summed E-state index contributed by atoms with van der Waals surface area (Å²) in [7, 11) is 0. The van der Waals surface area contributed by atoms with Gasteiger partial charge in [-0.15, -0.1) is 23.1 Å². The maximum absolute atomic E-state index is 12.0. The molecular formula is C17H17N3O2S2. The summed E-state index contributed by atoms with van der Waals surface area (Å²) in [5, 5.41) is 4.72. The van der Waals surface area contributed by atoms with Gasteiger partial charge in [0.1, 0.15) is 0 Å². The van der Waals surface area contributed by atoms with Crippen LogP contribution in [0.5, 0.6) is 0 Å². The third-order valence-electron chi connectivity index (χ3n) is 3.63. The number of carbonyl (C=O) groups is 1. The van der Waals surface area contributed by atoms with E-state index in [9.17, 15) is 9.59 Å². The van der Waals surface area contributed by atoms with Crippen LogP contribution in [0.25, 0.3) is 4.96 Å². The summed E-state index contributed by atoms with van der Waals surface area (Å²) in [5.74, 6) is 0.791. The lowest BCUT2D eigenvalue weighted by Gasteiger charge is -2.07. The first-order valence-electron chi connectivity index (χ1n) is 7.43. The quantitative estimate of drug-likeness (QED) is 0.760. The van der Waals surface area contributed by atoms with Crippen LogP contribution in [0.4, 0.5) is 5.69 Å². The third kappa shape index (κ3) is 3.85. The van der Waals surface area contributed by atoms with Gasteiger partial charge in [0.15, 0.2) is 4.96 Å². The van der Waals surface area contributed by atoms with Crippen LogP contribution in [0.1, 0.15) is 16.8 Å². The number of thiazole rings is 1. The fourth-order valence-electron chi connectivity index (χ4n) is 2.23. The van der Waals surface area contributed by atoms with E-state index in [0.717, 1.165) is 11.3 Å². The van der Waals surface area contributed by atoms with E-state index in [2.05, 4.69) is 10.3 Å². The molecule has 1 aromatic carbocycles. The fourth-order valence-corrected chi connectivity index (χ4v) is 3.68. The lowest BCUT2D eigenvalue weighted by molar-refractivity contribution is -0.113. The molecule has 0 saturated carbocycles. The van der Waals surface area contributed by atoms with Crippen LogP contribution in [0.2, 0.25) is 0 Å². The number of benzene rings is 1. The molecule has 1 N–H and O–H groups in total. The molecule has 0 aliphatic heterocycles. The van der Waals surface area contributed by atoms with Crippen molar-refractivity contribution in [1.82, 2.24) is 9.38 Å². The zero-order valence-corrected chi connectivity index (χ0v) is 15.0. The Morgan fingerprint density at radius 1 is 1.29 bits per heavy atom. The van der Waals surface area contributed by atoms with Crippen LogP contribution in [0.15, 0.2) is 40.6 Å². The topological polar surface area (TPSA) is 63.5 Å². The summed E-state index contributed by atoms with van der Waals surface area (Å²) >= 11 is 2.87. The smallest absolute Gasteiger partial charge is 0.258 e. The van der Waals surface area contributed by atoms with Crippen molar-refractivity contribution in [2.24, 2.45) is 0 Å². The number of amides is 1. The highest BCUT2D eigenvalue weighted by molar-refractivity contribution is 7.99. The molecule has 124 valence electrons. The van der Waals surface area contributed by atoms with E-state index in [0.29, 0.717) is 22.2 Å². The van der Waals surface area contributed by atoms with Gasteiger partial charge in [-0.25, -0.2) is 4.98 Å². The molecular weight excluding hydrogens is 342 g/mol. The molecule has 3 rings (SSSR count). The Morgan fingerprint density at radius 3 is 2.92 bits per heavy atom. The van der Waals surface area contributed by atoms with Gasteiger partial charge >= 0.3 is 0 Å². The number of nitrogens with one attached hydrogen (secondary N) is 1. The molecule has 0 radical (unpaired) electrons. The van der Waals surface area contributed by atoms with Gasteiger partial charge in [0.05, 0.1) is 11.4 Å². The van der Waals surface area contributed by atoms with E-state index in [1.54, 1.807) is 6.20 Å². The van der Waals surface area contributed by atoms with Crippen LogP contribution in [0.3, 0.4) is 0 Å². The van der Waals surface area contributed by atoms with E-state index in [1.807, 2.05) is 37.4 Å². The van der Waals surface area contributed by atoms with Crippen molar-refractivity contribution >= 4 is 39.7 Å². The number of nitrogens with zero attached hydrogens (tertiary/aromatic N) is 2. The summed E-state index contributed by atoms with van der Waals surface area (Å²) in [6.07, 6.45) is 1.71. The zero-order chi connectivity index (χ0) is 17.1. The minimum Gasteiger partial charge on any atom is -0.325 e. The molecule has 0 aliphatic carbocycles. The molecule has 0 spiro atoms. The maximum Gasteiger partial charge on any atom is 0.258 e. The summed E-state index contributed by atoms with van der Waals surface area (Å²) in [5.41, 5.74) is 3.76. The van der Waals surface area contributed by atoms with Crippen molar-refractivity contribution in [2.75, 3.05) is 11.1 Å². The lowest BCUT2D eigenvalue weighted by Crippen LogP contribution is -2.15. The number of thioether (sulfide) groups is 1. The summed E-state index contributed by atoms with van der Waals surface area (Å²) in [6, 6.07) is 7.38. The second-order valence-corrected chi connectivity index (χ2v) is 7.34. The van der Waals surface area contributed by atoms with Crippen molar-refractivity contribution < 1.29 is 4.79 Å². The van der Waals surface area contributed by atoms with Crippen molar-refractivity contribution in [1.29, 1.82) is 0 Å². The Morgan fingerprint density at radius 2 is 2.12 bits per heavy atom. The molecule has 0 saturated heterocycles. The highest BCUT2D eigenvalue weighted by Crippen LogP contribution is 2.16. The van der Waals surface area contributed by atoms with Crippen LogP contribution < -0.4 is 10.9 Å². The van der Waals surface area contributed by atoms with Crippen molar-refractivity contribution in [3.63, 3.8) is 0 Å². The van der Waals surface area contributed by atoms with Crippen LogP contribution in [-0.4, -0.2) is 21.0 Å². The van der Waals surface area contributed by atoms with E-state index < -0.39 is 0 Å². The number of hydrogen-bond donors (Lipinski definition) is 1. The SMILES string of the molecule is Cc1ccc(NC(=O)CSCc2cc(=O)n3ccsc3n2)cc1C. The number of rotatable bonds is 5. The first-order chi connectivity index (χ1) is 11.5. The number of fused-ring (bicyclic) bond motifs is 1. The molecule has 1 amide bonds. The Kier molecular flexibility index (Phi) is 5.01. The minimum atomic E-state index is -0.0866. The van der Waals surface area contributed by atoms with Gasteiger partial charge in [-0.05, 0) is 37.1 Å². The van der Waals surface area contributed by atoms with Crippen LogP contribution in [0, 0.1) is 13.8 Å². The Bertz CT molecular complexity index is 946. The monoisotopic (exact) mass is 359 g/mol. The van der Waals surface area contributed by atoms with Gasteiger partial charge in [-0.2, -0.15) is 0 Å². The third-order valence-corrected chi connectivity index (χ3v) is 5.35. The van der Waals surface area contributed by atoms with E-state index in [1.165, 1.54) is 39.1 Å². The standard InChI is InChI=1S/C17H17N3O2S2/c1-11-3-4-13(7-12(11)2)18-15(21)10-23-9-14-8-16(22)20-5-6-24-17(20)19-14/h3-8H,9-10H2,1-2H3,(H,18,21). The molecule has 0 atom stereocenters. The lowest BCUT2D eigenvalue weighted by atomic mass is 10.1. The highest BCUT2D eigenvalue weighted by atomic mass is 32.2. The molecule has 2 aromatic heterocycles. The van der Waals surface area contributed by atoms with Gasteiger partial charge in [-0.1, -0.05) is 6.07 Å². The normalized spacial score (nSPS) is 10.9. The fraction of sp³-hybridized carbons (Fsp3) is 0.235. The largest absolute Gasteiger partial charge is 0.325 e. The van der Waals surface area contributed by atoms with E-state index >= 15 is 0 Å². The molecule has 2 heterocycles. The average molecular weight is 359 g/mol. The van der Waals surface area contributed by atoms with Crippen molar-refractivity contribution in [2.45, 2.75) is 19.6 Å². The number of anilines is 1. The van der Waals surface area contributed by atoms with Gasteiger partial charge in [-0.3, -0.25) is 14.0 Å². The van der Waals surface area contributed by atoms with Crippen LogP contribution >= 0.6 is 23.1 Å². The van der Waals surface area contributed by atoms with Gasteiger partial charge in [0, 0.05) is 29.1 Å². The molecule has 0 aliphatic rings. The second-order valence-electron chi connectivity index (χ2n) is 5.48.